The summed E-state index contributed by atoms with van der Waals surface area (Å²) in [5, 5.41) is 0. The van der Waals surface area contributed by atoms with Gasteiger partial charge in [0.2, 0.25) is 0 Å². The fraction of sp³-hybridized carbons (Fsp3) is 0.647. The molecule has 3 aromatic rings. The van der Waals surface area contributed by atoms with Crippen molar-refractivity contribution in [2.75, 3.05) is 11.5 Å². The van der Waals surface area contributed by atoms with Gasteiger partial charge in [0.05, 0.1) is 21.3 Å². The Kier molecular flexibility index (Phi) is 15.5. The second-order valence-electron chi connectivity index (χ2n) is 11.8. The van der Waals surface area contributed by atoms with E-state index in [1.807, 2.05) is 38.1 Å². The van der Waals surface area contributed by atoms with Gasteiger partial charge in [-0.05, 0) is 51.0 Å². The van der Waals surface area contributed by atoms with E-state index in [1.165, 1.54) is 85.4 Å². The van der Waals surface area contributed by atoms with E-state index in [1.54, 1.807) is 0 Å². The van der Waals surface area contributed by atoms with Crippen LogP contribution >= 0.6 is 34.0 Å². The Balaban J connectivity index is 1.92. The summed E-state index contributed by atoms with van der Waals surface area (Å²) >= 11 is 4.41. The maximum Gasteiger partial charge on any atom is 0.181 e. The van der Waals surface area contributed by atoms with Gasteiger partial charge in [-0.3, -0.25) is 0 Å². The van der Waals surface area contributed by atoms with Gasteiger partial charge in [0.15, 0.2) is 19.7 Å². The Morgan fingerprint density at radius 2 is 0.791 bits per heavy atom. The quantitative estimate of drug-likeness (QED) is 0.0988. The largest absolute Gasteiger partial charge is 0.224 e. The van der Waals surface area contributed by atoms with Gasteiger partial charge in [0, 0.05) is 19.5 Å². The molecule has 0 bridgehead atoms. The minimum absolute atomic E-state index is 0.0146. The third-order valence-corrected chi connectivity index (χ3v) is 15.6. The molecule has 0 amide bonds. The first-order chi connectivity index (χ1) is 20.6. The third-order valence-electron chi connectivity index (χ3n) is 7.91. The number of hydrogen-bond donors (Lipinski definition) is 0. The lowest BCUT2D eigenvalue weighted by atomic mass is 10.1. The molecule has 9 heteroatoms. The van der Waals surface area contributed by atoms with Crippen LogP contribution in [0.15, 0.2) is 34.1 Å². The van der Waals surface area contributed by atoms with Crippen LogP contribution < -0.4 is 0 Å². The van der Waals surface area contributed by atoms with E-state index in [2.05, 4.69) is 13.8 Å². The summed E-state index contributed by atoms with van der Waals surface area (Å²) in [6, 6.07) is 7.86. The smallest absolute Gasteiger partial charge is 0.181 e. The van der Waals surface area contributed by atoms with E-state index < -0.39 is 19.7 Å². The minimum atomic E-state index is -3.83. The zero-order valence-corrected chi connectivity index (χ0v) is 30.8. The molecule has 0 unspecified atom stereocenters. The van der Waals surface area contributed by atoms with E-state index in [9.17, 15) is 16.8 Å². The van der Waals surface area contributed by atoms with Gasteiger partial charge in [-0.2, -0.15) is 0 Å². The van der Waals surface area contributed by atoms with Gasteiger partial charge in [-0.15, -0.1) is 34.0 Å². The Hall–Kier alpha value is -1.00. The van der Waals surface area contributed by atoms with Crippen LogP contribution in [0.5, 0.6) is 0 Å². The second-order valence-corrected chi connectivity index (χ2v) is 19.5. The summed E-state index contributed by atoms with van der Waals surface area (Å²) in [6.07, 6.45) is 16.9. The molecule has 0 N–H and O–H groups in total. The lowest BCUT2D eigenvalue weighted by molar-refractivity contribution is 0.566. The predicted octanol–water partition coefficient (Wildman–Crippen LogP) is 11.7. The number of thiophene rings is 3. The molecule has 0 aliphatic carbocycles. The third kappa shape index (κ3) is 11.1. The highest BCUT2D eigenvalue weighted by atomic mass is 32.2. The van der Waals surface area contributed by atoms with E-state index in [4.69, 9.17) is 0 Å². The predicted molar refractivity (Wildman–Crippen MR) is 190 cm³/mol. The SMILES string of the molecule is CCCCCCCCCCS(=O)(=O)c1c(-c2ccc(C)s2)sc(-c2ccc(C)s2)c1S(=O)(=O)CCCCCCCCCC. The first-order valence-electron chi connectivity index (χ1n) is 16.4. The molecule has 43 heavy (non-hydrogen) atoms. The van der Waals surface area contributed by atoms with Crippen LogP contribution in [0, 0.1) is 13.8 Å². The van der Waals surface area contributed by atoms with Crippen LogP contribution in [0.1, 0.15) is 126 Å². The number of sulfone groups is 2. The second kappa shape index (κ2) is 18.2. The summed E-state index contributed by atoms with van der Waals surface area (Å²) < 4.78 is 56.7. The molecule has 0 saturated carbocycles. The molecular formula is C34H52O4S5. The highest BCUT2D eigenvalue weighted by Crippen LogP contribution is 2.50. The van der Waals surface area contributed by atoms with Crippen LogP contribution in [-0.4, -0.2) is 28.3 Å². The van der Waals surface area contributed by atoms with Crippen LogP contribution in [0.25, 0.3) is 19.5 Å². The first kappa shape index (κ1) is 36.5. The fourth-order valence-corrected chi connectivity index (χ4v) is 13.7. The van der Waals surface area contributed by atoms with E-state index in [0.29, 0.717) is 22.6 Å². The van der Waals surface area contributed by atoms with Crippen LogP contribution in [0.4, 0.5) is 0 Å². The molecular weight excluding hydrogens is 633 g/mol. The van der Waals surface area contributed by atoms with Gasteiger partial charge in [-0.1, -0.05) is 104 Å². The van der Waals surface area contributed by atoms with E-state index in [-0.39, 0.29) is 21.3 Å². The van der Waals surface area contributed by atoms with Gasteiger partial charge in [-0.25, -0.2) is 16.8 Å². The maximum absolute atomic E-state index is 14.2. The standard InChI is InChI=1S/C34H52O4S5/c1-5-7-9-11-13-15-17-19-25-42(35,36)33-31(29-23-21-27(3)39-29)41-32(30-24-22-28(4)40-30)34(33)43(37,38)26-20-18-16-14-12-10-8-6-2/h21-24H,5-20,25-26H2,1-4H3. The topological polar surface area (TPSA) is 68.3 Å². The molecule has 0 aliphatic rings. The highest BCUT2D eigenvalue weighted by Gasteiger charge is 2.36. The van der Waals surface area contributed by atoms with Crippen molar-refractivity contribution >= 4 is 53.7 Å². The summed E-state index contributed by atoms with van der Waals surface area (Å²) in [6.45, 7) is 8.41. The molecule has 0 aromatic carbocycles. The Labute approximate surface area is 274 Å². The Morgan fingerprint density at radius 1 is 0.465 bits per heavy atom. The average Bonchev–Trinajstić information content (AvgIpc) is 3.70. The van der Waals surface area contributed by atoms with Crippen LogP contribution in [-0.2, 0) is 19.7 Å². The van der Waals surface area contributed by atoms with Crippen molar-refractivity contribution in [3.63, 3.8) is 0 Å². The average molecular weight is 685 g/mol. The monoisotopic (exact) mass is 684 g/mol. The van der Waals surface area contributed by atoms with Gasteiger partial charge >= 0.3 is 0 Å². The normalized spacial score (nSPS) is 12.4. The molecule has 0 aliphatic heterocycles. The lowest BCUT2D eigenvalue weighted by Crippen LogP contribution is -2.15. The molecule has 3 heterocycles. The van der Waals surface area contributed by atoms with Crippen LogP contribution in [0.2, 0.25) is 0 Å². The van der Waals surface area contributed by atoms with Gasteiger partial charge < -0.3 is 0 Å². The van der Waals surface area contributed by atoms with Gasteiger partial charge in [0.25, 0.3) is 0 Å². The zero-order valence-electron chi connectivity index (χ0n) is 26.7. The number of unbranched alkanes of at least 4 members (excludes halogenated alkanes) is 14. The Morgan fingerprint density at radius 3 is 1.09 bits per heavy atom. The molecule has 0 radical (unpaired) electrons. The highest BCUT2D eigenvalue weighted by molar-refractivity contribution is 7.95. The summed E-state index contributed by atoms with van der Waals surface area (Å²) in [7, 11) is -7.66. The first-order valence-corrected chi connectivity index (χ1v) is 22.1. The number of hydrogen-bond acceptors (Lipinski definition) is 7. The van der Waals surface area contributed by atoms with Crippen molar-refractivity contribution in [2.45, 2.75) is 140 Å². The van der Waals surface area contributed by atoms with Crippen molar-refractivity contribution in [2.24, 2.45) is 0 Å². The molecule has 3 rings (SSSR count). The van der Waals surface area contributed by atoms with Crippen molar-refractivity contribution in [3.8, 4) is 19.5 Å². The summed E-state index contributed by atoms with van der Waals surface area (Å²) in [5.41, 5.74) is 0. The molecule has 0 spiro atoms. The van der Waals surface area contributed by atoms with E-state index in [0.717, 1.165) is 58.0 Å². The van der Waals surface area contributed by atoms with Gasteiger partial charge in [0.1, 0.15) is 9.79 Å². The van der Waals surface area contributed by atoms with Crippen LogP contribution in [0.3, 0.4) is 0 Å². The number of rotatable bonds is 22. The molecule has 3 aromatic heterocycles. The maximum atomic E-state index is 14.2. The summed E-state index contributed by atoms with van der Waals surface area (Å²) in [5.74, 6) is -0.0293. The molecule has 0 atom stereocenters. The van der Waals surface area contributed by atoms with E-state index >= 15 is 0 Å². The fourth-order valence-electron chi connectivity index (χ4n) is 5.46. The molecule has 0 saturated heterocycles. The van der Waals surface area contributed by atoms with Crippen molar-refractivity contribution in [1.82, 2.24) is 0 Å². The molecule has 4 nitrogen and oxygen atoms in total. The Bertz CT molecular complexity index is 1350. The van der Waals surface area contributed by atoms with Crippen molar-refractivity contribution < 1.29 is 16.8 Å². The molecule has 0 fully saturated rings. The zero-order chi connectivity index (χ0) is 31.3. The molecule has 242 valence electrons. The van der Waals surface area contributed by atoms with Crippen molar-refractivity contribution in [1.29, 1.82) is 0 Å². The minimum Gasteiger partial charge on any atom is -0.224 e. The summed E-state index contributed by atoms with van der Waals surface area (Å²) in [4.78, 5) is 5.12. The lowest BCUT2D eigenvalue weighted by Gasteiger charge is -2.11. The number of aryl methyl sites for hydroxylation is 2. The van der Waals surface area contributed by atoms with Crippen molar-refractivity contribution in [3.05, 3.63) is 34.0 Å².